The second-order valence-corrected chi connectivity index (χ2v) is 8.96. The van der Waals surface area contributed by atoms with E-state index in [0.29, 0.717) is 21.4 Å². The topological polar surface area (TPSA) is 96.9 Å². The second kappa shape index (κ2) is 10.6. The van der Waals surface area contributed by atoms with Gasteiger partial charge in [0.15, 0.2) is 16.7 Å². The van der Waals surface area contributed by atoms with Crippen LogP contribution in [0.3, 0.4) is 0 Å². The van der Waals surface area contributed by atoms with Crippen molar-refractivity contribution >= 4 is 51.1 Å². The quantitative estimate of drug-likeness (QED) is 0.248. The van der Waals surface area contributed by atoms with Crippen LogP contribution in [-0.2, 0) is 11.3 Å². The van der Waals surface area contributed by atoms with E-state index in [1.54, 1.807) is 42.8 Å². The molecule has 2 aromatic carbocycles. The van der Waals surface area contributed by atoms with Crippen molar-refractivity contribution in [2.45, 2.75) is 6.54 Å². The van der Waals surface area contributed by atoms with Gasteiger partial charge in [-0.05, 0) is 65.4 Å². The zero-order chi connectivity index (χ0) is 24.1. The maximum atomic E-state index is 13.2. The van der Waals surface area contributed by atoms with E-state index in [9.17, 15) is 9.90 Å². The number of thioether (sulfide) groups is 1. The Balaban J connectivity index is 1.67. The number of furan rings is 1. The molecule has 3 aromatic rings. The summed E-state index contributed by atoms with van der Waals surface area (Å²) in [4.78, 5) is 15.2. The lowest BCUT2D eigenvalue weighted by molar-refractivity contribution is -0.122. The van der Waals surface area contributed by atoms with E-state index in [4.69, 9.17) is 13.9 Å². The number of carbonyl (C=O) groups excluding carboxylic acids is 1. The smallest absolute Gasteiger partial charge is 0.267 e. The van der Waals surface area contributed by atoms with Crippen molar-refractivity contribution in [3.05, 3.63) is 81.1 Å². The molecule has 1 aliphatic heterocycles. The Bertz CT molecular complexity index is 1260. The van der Waals surface area contributed by atoms with Crippen LogP contribution in [0.1, 0.15) is 16.9 Å². The van der Waals surface area contributed by atoms with E-state index in [-0.39, 0.29) is 29.7 Å². The van der Waals surface area contributed by atoms with Crippen molar-refractivity contribution in [3.8, 4) is 17.2 Å². The second-order valence-electron chi connectivity index (χ2n) is 7.04. The molecule has 0 atom stereocenters. The molecule has 8 nitrogen and oxygen atoms in total. The van der Waals surface area contributed by atoms with Gasteiger partial charge in [-0.15, -0.1) is 5.10 Å². The average molecular weight is 542 g/mol. The lowest BCUT2D eigenvalue weighted by Crippen LogP contribution is -2.28. The number of rotatable bonds is 7. The third-order valence-corrected chi connectivity index (χ3v) is 6.27. The molecule has 1 saturated heterocycles. The number of aromatic hydroxyl groups is 1. The summed E-state index contributed by atoms with van der Waals surface area (Å²) < 4.78 is 16.8. The first-order chi connectivity index (χ1) is 16.5. The number of phenolic OH excluding ortho intramolecular Hbond substituents is 1. The van der Waals surface area contributed by atoms with Gasteiger partial charge in [-0.2, -0.15) is 5.10 Å². The summed E-state index contributed by atoms with van der Waals surface area (Å²) in [6.45, 7) is 0.212. The first-order valence-electron chi connectivity index (χ1n) is 10.0. The van der Waals surface area contributed by atoms with E-state index in [1.165, 1.54) is 30.9 Å². The van der Waals surface area contributed by atoms with Gasteiger partial charge >= 0.3 is 0 Å². The maximum Gasteiger partial charge on any atom is 0.267 e. The molecule has 34 heavy (non-hydrogen) atoms. The number of benzene rings is 2. The number of halogens is 1. The van der Waals surface area contributed by atoms with Gasteiger partial charge in [-0.1, -0.05) is 28.1 Å². The Labute approximate surface area is 208 Å². The molecule has 0 unspecified atom stereocenters. The Morgan fingerprint density at radius 2 is 1.88 bits per heavy atom. The van der Waals surface area contributed by atoms with E-state index in [1.807, 2.05) is 24.3 Å². The highest BCUT2D eigenvalue weighted by Crippen LogP contribution is 2.39. The number of hydrogen-bond donors (Lipinski definition) is 1. The molecule has 0 radical (unpaired) electrons. The summed E-state index contributed by atoms with van der Waals surface area (Å²) in [5, 5.41) is 19.1. The highest BCUT2D eigenvalue weighted by atomic mass is 79.9. The molecule has 4 rings (SSSR count). The normalized spacial score (nSPS) is 16.2. The Morgan fingerprint density at radius 1 is 1.12 bits per heavy atom. The number of amidine groups is 1. The van der Waals surface area contributed by atoms with E-state index in [0.717, 1.165) is 10.0 Å². The lowest BCUT2D eigenvalue weighted by Gasteiger charge is -2.12. The van der Waals surface area contributed by atoms with Gasteiger partial charge < -0.3 is 19.0 Å². The molecule has 1 N–H and O–H groups in total. The monoisotopic (exact) mass is 541 g/mol. The molecule has 174 valence electrons. The van der Waals surface area contributed by atoms with Crippen molar-refractivity contribution < 1.29 is 23.8 Å². The van der Waals surface area contributed by atoms with E-state index >= 15 is 0 Å². The summed E-state index contributed by atoms with van der Waals surface area (Å²) in [6, 6.07) is 14.4. The molecule has 10 heteroatoms. The molecule has 1 fully saturated rings. The fourth-order valence-electron chi connectivity index (χ4n) is 3.16. The van der Waals surface area contributed by atoms with Crippen LogP contribution >= 0.6 is 27.7 Å². The number of ether oxygens (including phenoxy) is 2. The van der Waals surface area contributed by atoms with Gasteiger partial charge in [-0.3, -0.25) is 9.69 Å². The summed E-state index contributed by atoms with van der Waals surface area (Å²) in [5.74, 6) is 0.736. The van der Waals surface area contributed by atoms with Crippen LogP contribution in [0, 0.1) is 0 Å². The predicted octanol–water partition coefficient (Wildman–Crippen LogP) is 5.27. The minimum atomic E-state index is -0.246. The fraction of sp³-hybridized carbons (Fsp3) is 0.125. The Kier molecular flexibility index (Phi) is 7.39. The number of hydrogen-bond acceptors (Lipinski definition) is 8. The average Bonchev–Trinajstić information content (AvgIpc) is 3.44. The third kappa shape index (κ3) is 5.35. The Hall–Kier alpha value is -3.50. The minimum Gasteiger partial charge on any atom is -0.502 e. The van der Waals surface area contributed by atoms with Gasteiger partial charge in [-0.25, -0.2) is 0 Å². The molecule has 1 amide bonds. The molecule has 1 aromatic heterocycles. The summed E-state index contributed by atoms with van der Waals surface area (Å²) in [7, 11) is 2.89. The molecule has 1 aliphatic rings. The third-order valence-electron chi connectivity index (χ3n) is 4.78. The van der Waals surface area contributed by atoms with Crippen LogP contribution in [0.4, 0.5) is 0 Å². The highest BCUT2D eigenvalue weighted by Gasteiger charge is 2.34. The van der Waals surface area contributed by atoms with Crippen molar-refractivity contribution in [1.82, 2.24) is 4.90 Å². The van der Waals surface area contributed by atoms with Crippen LogP contribution in [0.15, 0.2) is 78.8 Å². The number of amides is 1. The van der Waals surface area contributed by atoms with Gasteiger partial charge in [0.05, 0.1) is 38.1 Å². The molecule has 0 saturated carbocycles. The van der Waals surface area contributed by atoms with Crippen molar-refractivity contribution in [3.63, 3.8) is 0 Å². The largest absolute Gasteiger partial charge is 0.502 e. The van der Waals surface area contributed by atoms with Crippen LogP contribution in [0.5, 0.6) is 17.2 Å². The minimum absolute atomic E-state index is 0.110. The van der Waals surface area contributed by atoms with Crippen LogP contribution in [0.2, 0.25) is 0 Å². The molecular weight excluding hydrogens is 522 g/mol. The zero-order valence-electron chi connectivity index (χ0n) is 18.3. The molecule has 0 bridgehead atoms. The molecular formula is C24H20BrN3O5S. The number of nitrogens with zero attached hydrogens (tertiary/aromatic N) is 3. The van der Waals surface area contributed by atoms with Gasteiger partial charge in [0, 0.05) is 4.47 Å². The number of phenols is 1. The first-order valence-corrected chi connectivity index (χ1v) is 11.6. The summed E-state index contributed by atoms with van der Waals surface area (Å²) in [6.07, 6.45) is 4.86. The predicted molar refractivity (Wildman–Crippen MR) is 135 cm³/mol. The van der Waals surface area contributed by atoms with E-state index < -0.39 is 0 Å². The Morgan fingerprint density at radius 3 is 2.53 bits per heavy atom. The van der Waals surface area contributed by atoms with Gasteiger partial charge in [0.2, 0.25) is 5.75 Å². The van der Waals surface area contributed by atoms with Crippen LogP contribution in [0.25, 0.3) is 6.08 Å². The van der Waals surface area contributed by atoms with Crippen LogP contribution in [-0.4, -0.2) is 41.5 Å². The molecule has 0 aliphatic carbocycles. The SMILES string of the molecule is COc1cc(/C=C2\S/C(=N/N=C\c3cccc(Br)c3)N(Cc3ccco3)C2=O)cc(OC)c1O. The van der Waals surface area contributed by atoms with Crippen LogP contribution < -0.4 is 9.47 Å². The first kappa shape index (κ1) is 23.7. The fourth-order valence-corrected chi connectivity index (χ4v) is 4.51. The number of carbonyl (C=O) groups is 1. The van der Waals surface area contributed by atoms with Gasteiger partial charge in [0.25, 0.3) is 5.91 Å². The standard InChI is InChI=1S/C24H20BrN3O5S/c1-31-19-10-16(11-20(32-2)22(19)29)12-21-23(30)28(14-18-7-4-8-33-18)24(34-21)27-26-13-15-5-3-6-17(25)9-15/h3-13,29H,14H2,1-2H3/b21-12-,26-13-,27-24+. The highest BCUT2D eigenvalue weighted by molar-refractivity contribution is 9.10. The summed E-state index contributed by atoms with van der Waals surface area (Å²) >= 11 is 4.62. The molecule has 0 spiro atoms. The van der Waals surface area contributed by atoms with Crippen molar-refractivity contribution in [2.24, 2.45) is 10.2 Å². The maximum absolute atomic E-state index is 13.2. The molecule has 2 heterocycles. The number of methoxy groups -OCH3 is 2. The van der Waals surface area contributed by atoms with Gasteiger partial charge in [0.1, 0.15) is 5.76 Å². The summed E-state index contributed by atoms with van der Waals surface area (Å²) in [5.41, 5.74) is 1.49. The van der Waals surface area contributed by atoms with Crippen molar-refractivity contribution in [2.75, 3.05) is 14.2 Å². The lowest BCUT2D eigenvalue weighted by atomic mass is 10.1. The van der Waals surface area contributed by atoms with Crippen molar-refractivity contribution in [1.29, 1.82) is 0 Å². The zero-order valence-corrected chi connectivity index (χ0v) is 20.7. The van der Waals surface area contributed by atoms with E-state index in [2.05, 4.69) is 26.1 Å².